The quantitative estimate of drug-likeness (QED) is 0.690. The SMILES string of the molecule is CN(SN1CCOCC1)C1CCCCC1. The van der Waals surface area contributed by atoms with Crippen LogP contribution in [0.4, 0.5) is 0 Å². The van der Waals surface area contributed by atoms with Gasteiger partial charge in [0.25, 0.3) is 0 Å². The molecule has 3 nitrogen and oxygen atoms in total. The van der Waals surface area contributed by atoms with E-state index in [0.717, 1.165) is 32.3 Å². The van der Waals surface area contributed by atoms with Gasteiger partial charge in [-0.25, -0.2) is 8.61 Å². The summed E-state index contributed by atoms with van der Waals surface area (Å²) in [6.45, 7) is 3.93. The monoisotopic (exact) mass is 230 g/mol. The molecule has 0 amide bonds. The first-order valence-electron chi connectivity index (χ1n) is 6.10. The Kier molecular flexibility index (Phi) is 4.75. The van der Waals surface area contributed by atoms with Crippen molar-refractivity contribution in [1.29, 1.82) is 0 Å². The lowest BCUT2D eigenvalue weighted by atomic mass is 9.96. The average Bonchev–Trinajstić information content (AvgIpc) is 2.31. The van der Waals surface area contributed by atoms with Gasteiger partial charge in [0.2, 0.25) is 0 Å². The molecule has 0 aromatic heterocycles. The van der Waals surface area contributed by atoms with Gasteiger partial charge < -0.3 is 4.74 Å². The van der Waals surface area contributed by atoms with E-state index in [1.54, 1.807) is 0 Å². The maximum absolute atomic E-state index is 5.35. The summed E-state index contributed by atoms with van der Waals surface area (Å²) < 4.78 is 10.2. The Bertz CT molecular complexity index is 179. The average molecular weight is 230 g/mol. The third kappa shape index (κ3) is 3.63. The molecule has 1 saturated heterocycles. The summed E-state index contributed by atoms with van der Waals surface area (Å²) in [5.74, 6) is 0. The van der Waals surface area contributed by atoms with Gasteiger partial charge in [0.05, 0.1) is 13.2 Å². The number of rotatable bonds is 3. The highest BCUT2D eigenvalue weighted by molar-refractivity contribution is 7.94. The summed E-state index contributed by atoms with van der Waals surface area (Å²) in [6.07, 6.45) is 7.03. The number of ether oxygens (including phenoxy) is 1. The van der Waals surface area contributed by atoms with E-state index in [9.17, 15) is 0 Å². The van der Waals surface area contributed by atoms with Crippen molar-refractivity contribution in [3.05, 3.63) is 0 Å². The molecule has 1 aliphatic heterocycles. The summed E-state index contributed by atoms with van der Waals surface area (Å²) in [5.41, 5.74) is 0. The molecule has 0 N–H and O–H groups in total. The molecule has 1 heterocycles. The van der Waals surface area contributed by atoms with Crippen LogP contribution in [0.1, 0.15) is 32.1 Å². The zero-order valence-corrected chi connectivity index (χ0v) is 10.5. The lowest BCUT2D eigenvalue weighted by Gasteiger charge is -2.35. The molecule has 2 fully saturated rings. The molecule has 15 heavy (non-hydrogen) atoms. The Balaban J connectivity index is 1.72. The molecular formula is C11H22N2OS. The number of morpholine rings is 1. The van der Waals surface area contributed by atoms with Gasteiger partial charge in [-0.1, -0.05) is 19.3 Å². The molecule has 2 aliphatic rings. The topological polar surface area (TPSA) is 15.7 Å². The molecule has 2 rings (SSSR count). The molecule has 0 bridgehead atoms. The lowest BCUT2D eigenvalue weighted by Crippen LogP contribution is -2.37. The molecule has 0 spiro atoms. The predicted octanol–water partition coefficient (Wildman–Crippen LogP) is 2.15. The van der Waals surface area contributed by atoms with Crippen LogP contribution < -0.4 is 0 Å². The van der Waals surface area contributed by atoms with Gasteiger partial charge in [-0.15, -0.1) is 0 Å². The molecular weight excluding hydrogens is 208 g/mol. The Morgan fingerprint density at radius 2 is 1.80 bits per heavy atom. The summed E-state index contributed by atoms with van der Waals surface area (Å²) in [6, 6.07) is 0.798. The zero-order chi connectivity index (χ0) is 10.5. The van der Waals surface area contributed by atoms with Gasteiger partial charge >= 0.3 is 0 Å². The Morgan fingerprint density at radius 1 is 1.13 bits per heavy atom. The zero-order valence-electron chi connectivity index (χ0n) is 9.65. The van der Waals surface area contributed by atoms with E-state index >= 15 is 0 Å². The van der Waals surface area contributed by atoms with Crippen LogP contribution in [0, 0.1) is 0 Å². The molecule has 1 aliphatic carbocycles. The van der Waals surface area contributed by atoms with Crippen molar-refractivity contribution in [3.63, 3.8) is 0 Å². The minimum Gasteiger partial charge on any atom is -0.379 e. The number of hydrogen-bond donors (Lipinski definition) is 0. The number of hydrogen-bond acceptors (Lipinski definition) is 4. The predicted molar refractivity (Wildman–Crippen MR) is 64.6 cm³/mol. The highest BCUT2D eigenvalue weighted by atomic mass is 32.2. The fraction of sp³-hybridized carbons (Fsp3) is 1.00. The van der Waals surface area contributed by atoms with Crippen LogP contribution in [0.5, 0.6) is 0 Å². The fourth-order valence-electron chi connectivity index (χ4n) is 2.32. The minimum absolute atomic E-state index is 0.798. The van der Waals surface area contributed by atoms with Gasteiger partial charge in [-0.2, -0.15) is 0 Å². The van der Waals surface area contributed by atoms with E-state index in [1.807, 2.05) is 12.1 Å². The summed E-state index contributed by atoms with van der Waals surface area (Å²) in [7, 11) is 2.25. The number of nitrogens with zero attached hydrogens (tertiary/aromatic N) is 2. The van der Waals surface area contributed by atoms with Crippen molar-refractivity contribution in [1.82, 2.24) is 8.61 Å². The van der Waals surface area contributed by atoms with E-state index < -0.39 is 0 Å². The molecule has 0 radical (unpaired) electrons. The van der Waals surface area contributed by atoms with Gasteiger partial charge in [0.1, 0.15) is 0 Å². The second-order valence-electron chi connectivity index (χ2n) is 4.46. The lowest BCUT2D eigenvalue weighted by molar-refractivity contribution is 0.0754. The summed E-state index contributed by atoms with van der Waals surface area (Å²) >= 11 is 1.91. The van der Waals surface area contributed by atoms with E-state index in [0.29, 0.717) is 0 Å². The third-order valence-corrected chi connectivity index (χ3v) is 4.46. The van der Waals surface area contributed by atoms with Crippen LogP contribution in [0.15, 0.2) is 0 Å². The van der Waals surface area contributed by atoms with Crippen molar-refractivity contribution in [2.45, 2.75) is 38.1 Å². The van der Waals surface area contributed by atoms with Crippen LogP contribution >= 0.6 is 12.1 Å². The van der Waals surface area contributed by atoms with Crippen molar-refractivity contribution in [2.75, 3.05) is 33.4 Å². The van der Waals surface area contributed by atoms with Gasteiger partial charge in [-0.3, -0.25) is 0 Å². The Labute approximate surface area is 97.4 Å². The van der Waals surface area contributed by atoms with Crippen LogP contribution in [-0.2, 0) is 4.74 Å². The van der Waals surface area contributed by atoms with Crippen LogP contribution in [0.2, 0.25) is 0 Å². The maximum Gasteiger partial charge on any atom is 0.0603 e. The maximum atomic E-state index is 5.35. The molecule has 0 atom stereocenters. The van der Waals surface area contributed by atoms with Gasteiger partial charge in [0.15, 0.2) is 0 Å². The Morgan fingerprint density at radius 3 is 2.47 bits per heavy atom. The van der Waals surface area contributed by atoms with Crippen LogP contribution in [-0.4, -0.2) is 48.0 Å². The van der Waals surface area contributed by atoms with Gasteiger partial charge in [0, 0.05) is 31.3 Å². The molecule has 0 aromatic carbocycles. The molecule has 0 aromatic rings. The third-order valence-electron chi connectivity index (χ3n) is 3.30. The summed E-state index contributed by atoms with van der Waals surface area (Å²) in [4.78, 5) is 0. The van der Waals surface area contributed by atoms with E-state index in [4.69, 9.17) is 4.74 Å². The second-order valence-corrected chi connectivity index (χ2v) is 5.72. The first-order chi connectivity index (χ1) is 7.36. The standard InChI is InChI=1S/C11H22N2OS/c1-12(11-5-3-2-4-6-11)15-13-7-9-14-10-8-13/h11H,2-10H2,1H3. The minimum atomic E-state index is 0.798. The second kappa shape index (κ2) is 6.09. The van der Waals surface area contributed by atoms with Crippen molar-refractivity contribution in [3.8, 4) is 0 Å². The Hall–Kier alpha value is 0.230. The largest absolute Gasteiger partial charge is 0.379 e. The highest BCUT2D eigenvalue weighted by Gasteiger charge is 2.21. The van der Waals surface area contributed by atoms with Gasteiger partial charge in [-0.05, 0) is 19.9 Å². The molecule has 1 saturated carbocycles. The van der Waals surface area contributed by atoms with Crippen LogP contribution in [0.3, 0.4) is 0 Å². The highest BCUT2D eigenvalue weighted by Crippen LogP contribution is 2.27. The summed E-state index contributed by atoms with van der Waals surface area (Å²) in [5, 5.41) is 0. The smallest absolute Gasteiger partial charge is 0.0603 e. The van der Waals surface area contributed by atoms with E-state index in [-0.39, 0.29) is 0 Å². The first kappa shape index (κ1) is 11.7. The molecule has 88 valence electrons. The fourth-order valence-corrected chi connectivity index (χ4v) is 3.34. The molecule has 0 unspecified atom stereocenters. The van der Waals surface area contributed by atoms with Crippen molar-refractivity contribution >= 4 is 12.1 Å². The van der Waals surface area contributed by atoms with Crippen molar-refractivity contribution < 1.29 is 4.74 Å². The van der Waals surface area contributed by atoms with E-state index in [1.165, 1.54) is 32.1 Å². The normalized spacial score (nSPS) is 26.0. The van der Waals surface area contributed by atoms with E-state index in [2.05, 4.69) is 15.7 Å². The van der Waals surface area contributed by atoms with Crippen LogP contribution in [0.25, 0.3) is 0 Å². The van der Waals surface area contributed by atoms with Crippen molar-refractivity contribution in [2.24, 2.45) is 0 Å². The first-order valence-corrected chi connectivity index (χ1v) is 6.83. The molecule has 4 heteroatoms.